The maximum absolute atomic E-state index is 13.6. The molecule has 2 amide bonds. The van der Waals surface area contributed by atoms with Crippen LogP contribution in [-0.4, -0.2) is 68.5 Å². The molecule has 0 N–H and O–H groups in total. The quantitative estimate of drug-likeness (QED) is 0.599. The lowest BCUT2D eigenvalue weighted by molar-refractivity contribution is -0.160. The molecule has 6 aliphatic rings. The Hall–Kier alpha value is -2.35. The van der Waals surface area contributed by atoms with Crippen molar-refractivity contribution in [3.63, 3.8) is 0 Å². The minimum Gasteiger partial charge on any atom is -0.339 e. The smallest absolute Gasteiger partial charge is 0.246 e. The molecule has 1 aromatic carbocycles. The van der Waals surface area contributed by atoms with Gasteiger partial charge in [-0.3, -0.25) is 13.9 Å². The van der Waals surface area contributed by atoms with Crippen LogP contribution in [-0.2, 0) is 19.6 Å². The number of hydrogen-bond acceptors (Lipinski definition) is 4. The Balaban J connectivity index is 1.03. The molecular formula is C27H35N3O4S. The fourth-order valence-electron chi connectivity index (χ4n) is 7.79. The van der Waals surface area contributed by atoms with Crippen LogP contribution in [0.25, 0.3) is 6.08 Å². The monoisotopic (exact) mass is 497 g/mol. The standard InChI is InChI=1S/C27H35N3O4S/c31-25(7-4-20-2-5-24(6-3-20)30-8-1-13-35(30,33)34)28-9-11-29(12-10-28)26(32)27-17-21-14-22(18-27)16-23(15-21)19-27/h2-7,21-23H,1,8-19H2/b7-4+. The third-order valence-corrected chi connectivity index (χ3v) is 10.9. The zero-order chi connectivity index (χ0) is 24.2. The molecule has 4 bridgehead atoms. The number of carbonyl (C=O) groups excluding carboxylic acids is 2. The van der Waals surface area contributed by atoms with E-state index in [0.29, 0.717) is 50.7 Å². The summed E-state index contributed by atoms with van der Waals surface area (Å²) in [6.07, 6.45) is 11.3. The Morgan fingerprint density at radius 2 is 1.40 bits per heavy atom. The van der Waals surface area contributed by atoms with Crippen LogP contribution in [0.2, 0.25) is 0 Å². The van der Waals surface area contributed by atoms with Gasteiger partial charge in [-0.05, 0) is 86.5 Å². The molecule has 0 atom stereocenters. The van der Waals surface area contributed by atoms with Crippen molar-refractivity contribution in [3.8, 4) is 0 Å². The molecule has 35 heavy (non-hydrogen) atoms. The zero-order valence-corrected chi connectivity index (χ0v) is 21.1. The number of amides is 2. The normalized spacial score (nSPS) is 33.6. The summed E-state index contributed by atoms with van der Waals surface area (Å²) in [5, 5.41) is 0. The second-order valence-electron chi connectivity index (χ2n) is 11.5. The molecule has 4 aliphatic carbocycles. The molecule has 7 nitrogen and oxygen atoms in total. The van der Waals surface area contributed by atoms with Crippen LogP contribution >= 0.6 is 0 Å². The van der Waals surface area contributed by atoms with Crippen LogP contribution in [0.15, 0.2) is 30.3 Å². The van der Waals surface area contributed by atoms with E-state index in [1.165, 1.54) is 23.6 Å². The first-order valence-corrected chi connectivity index (χ1v) is 14.8. The van der Waals surface area contributed by atoms with Gasteiger partial charge in [0.15, 0.2) is 0 Å². The van der Waals surface area contributed by atoms with Crippen molar-refractivity contribution in [2.75, 3.05) is 42.8 Å². The fraction of sp³-hybridized carbons (Fsp3) is 0.630. The molecule has 2 saturated heterocycles. The highest BCUT2D eigenvalue weighted by molar-refractivity contribution is 7.93. The molecule has 188 valence electrons. The molecule has 6 fully saturated rings. The van der Waals surface area contributed by atoms with Crippen molar-refractivity contribution in [3.05, 3.63) is 35.9 Å². The van der Waals surface area contributed by atoms with E-state index in [9.17, 15) is 18.0 Å². The third kappa shape index (κ3) is 4.28. The van der Waals surface area contributed by atoms with Gasteiger partial charge >= 0.3 is 0 Å². The molecular weight excluding hydrogens is 462 g/mol. The first-order chi connectivity index (χ1) is 16.8. The lowest BCUT2D eigenvalue weighted by Crippen LogP contribution is -2.58. The summed E-state index contributed by atoms with van der Waals surface area (Å²) in [5.41, 5.74) is 1.42. The number of rotatable bonds is 4. The van der Waals surface area contributed by atoms with Gasteiger partial charge in [-0.25, -0.2) is 8.42 Å². The van der Waals surface area contributed by atoms with Gasteiger partial charge in [-0.1, -0.05) is 12.1 Å². The number of sulfonamides is 1. The molecule has 1 aromatic rings. The Labute approximate surface area is 208 Å². The Bertz CT molecular complexity index is 1100. The minimum absolute atomic E-state index is 0.0434. The number of anilines is 1. The van der Waals surface area contributed by atoms with Gasteiger partial charge in [0, 0.05) is 38.8 Å². The third-order valence-electron chi connectivity index (χ3n) is 9.07. The topological polar surface area (TPSA) is 78.0 Å². The van der Waals surface area contributed by atoms with Crippen LogP contribution in [0.4, 0.5) is 5.69 Å². The SMILES string of the molecule is O=C(/C=C/c1ccc(N2CCCS2(=O)=O)cc1)N1CCN(C(=O)C23CC4CC(CC(C4)C2)C3)CC1. The van der Waals surface area contributed by atoms with Crippen LogP contribution in [0.5, 0.6) is 0 Å². The predicted molar refractivity (Wildman–Crippen MR) is 135 cm³/mol. The van der Waals surface area contributed by atoms with Gasteiger partial charge in [0.05, 0.1) is 16.9 Å². The Morgan fingerprint density at radius 1 is 0.829 bits per heavy atom. The molecule has 0 radical (unpaired) electrons. The summed E-state index contributed by atoms with van der Waals surface area (Å²) in [6.45, 7) is 2.92. The Kier molecular flexibility index (Phi) is 5.70. The van der Waals surface area contributed by atoms with Gasteiger partial charge in [0.2, 0.25) is 21.8 Å². The lowest BCUT2D eigenvalue weighted by atomic mass is 9.49. The van der Waals surface area contributed by atoms with Gasteiger partial charge < -0.3 is 9.80 Å². The number of hydrogen-bond donors (Lipinski definition) is 0. The molecule has 8 heteroatoms. The maximum Gasteiger partial charge on any atom is 0.246 e. The molecule has 0 unspecified atom stereocenters. The molecule has 0 spiro atoms. The first-order valence-electron chi connectivity index (χ1n) is 13.2. The maximum atomic E-state index is 13.6. The summed E-state index contributed by atoms with van der Waals surface area (Å²) < 4.78 is 25.6. The lowest BCUT2D eigenvalue weighted by Gasteiger charge is -2.57. The van der Waals surface area contributed by atoms with Crippen LogP contribution in [0, 0.1) is 23.2 Å². The van der Waals surface area contributed by atoms with Crippen molar-refractivity contribution in [2.24, 2.45) is 23.2 Å². The predicted octanol–water partition coefficient (Wildman–Crippen LogP) is 3.13. The summed E-state index contributed by atoms with van der Waals surface area (Å²) in [7, 11) is -3.19. The molecule has 2 aliphatic heterocycles. The van der Waals surface area contributed by atoms with E-state index in [0.717, 1.165) is 42.6 Å². The van der Waals surface area contributed by atoms with Crippen molar-refractivity contribution < 1.29 is 18.0 Å². The van der Waals surface area contributed by atoms with Crippen molar-refractivity contribution in [1.82, 2.24) is 9.80 Å². The number of benzene rings is 1. The Morgan fingerprint density at radius 3 is 1.94 bits per heavy atom. The number of nitrogens with zero attached hydrogens (tertiary/aromatic N) is 3. The largest absolute Gasteiger partial charge is 0.339 e. The van der Waals surface area contributed by atoms with E-state index >= 15 is 0 Å². The highest BCUT2D eigenvalue weighted by atomic mass is 32.2. The molecule has 4 saturated carbocycles. The number of carbonyl (C=O) groups is 2. The van der Waals surface area contributed by atoms with Gasteiger partial charge in [-0.15, -0.1) is 0 Å². The number of piperazine rings is 1. The molecule has 2 heterocycles. The van der Waals surface area contributed by atoms with E-state index in [-0.39, 0.29) is 17.1 Å². The van der Waals surface area contributed by atoms with Crippen LogP contribution < -0.4 is 4.31 Å². The average molecular weight is 498 g/mol. The van der Waals surface area contributed by atoms with E-state index in [1.54, 1.807) is 24.3 Å². The van der Waals surface area contributed by atoms with E-state index < -0.39 is 10.0 Å². The van der Waals surface area contributed by atoms with Gasteiger partial charge in [0.25, 0.3) is 0 Å². The highest BCUT2D eigenvalue weighted by Crippen LogP contribution is 2.60. The van der Waals surface area contributed by atoms with E-state index in [4.69, 9.17) is 0 Å². The second-order valence-corrected chi connectivity index (χ2v) is 13.5. The summed E-state index contributed by atoms with van der Waals surface area (Å²) in [6, 6.07) is 7.27. The van der Waals surface area contributed by atoms with E-state index in [1.807, 2.05) is 21.9 Å². The van der Waals surface area contributed by atoms with Crippen LogP contribution in [0.3, 0.4) is 0 Å². The van der Waals surface area contributed by atoms with Crippen LogP contribution in [0.1, 0.15) is 50.5 Å². The van der Waals surface area contributed by atoms with Crippen molar-refractivity contribution in [2.45, 2.75) is 44.9 Å². The summed E-state index contributed by atoms with van der Waals surface area (Å²) in [4.78, 5) is 30.2. The van der Waals surface area contributed by atoms with Crippen molar-refractivity contribution >= 4 is 33.6 Å². The van der Waals surface area contributed by atoms with E-state index in [2.05, 4.69) is 0 Å². The minimum atomic E-state index is -3.19. The van der Waals surface area contributed by atoms with Gasteiger partial charge in [-0.2, -0.15) is 0 Å². The fourth-order valence-corrected chi connectivity index (χ4v) is 9.36. The summed E-state index contributed by atoms with van der Waals surface area (Å²) in [5.74, 6) is 2.79. The second kappa shape index (κ2) is 8.64. The first kappa shape index (κ1) is 23.1. The average Bonchev–Trinajstić information content (AvgIpc) is 3.20. The highest BCUT2D eigenvalue weighted by Gasteiger charge is 2.55. The van der Waals surface area contributed by atoms with Gasteiger partial charge in [0.1, 0.15) is 0 Å². The molecule has 0 aromatic heterocycles. The zero-order valence-electron chi connectivity index (χ0n) is 20.3. The summed E-state index contributed by atoms with van der Waals surface area (Å²) >= 11 is 0. The van der Waals surface area contributed by atoms with Crippen molar-refractivity contribution in [1.29, 1.82) is 0 Å². The molecule has 7 rings (SSSR count).